The summed E-state index contributed by atoms with van der Waals surface area (Å²) in [5.74, 6) is 0. The highest BCUT2D eigenvalue weighted by atomic mass is 14.6. The fourth-order valence-corrected chi connectivity index (χ4v) is 2.73. The fraction of sp³-hybridized carbons (Fsp3) is 0.538. The van der Waals surface area contributed by atoms with Gasteiger partial charge in [0.1, 0.15) is 0 Å². The Morgan fingerprint density at radius 1 is 1.36 bits per heavy atom. The summed E-state index contributed by atoms with van der Waals surface area (Å²) in [5.41, 5.74) is 9.27. The lowest BCUT2D eigenvalue weighted by Crippen LogP contribution is -2.37. The average molecular weight is 189 g/mol. The molecule has 0 saturated heterocycles. The summed E-state index contributed by atoms with van der Waals surface area (Å²) < 4.78 is 0. The summed E-state index contributed by atoms with van der Waals surface area (Å²) in [4.78, 5) is 0. The van der Waals surface area contributed by atoms with Crippen molar-refractivity contribution in [2.75, 3.05) is 6.54 Å². The first-order valence-electron chi connectivity index (χ1n) is 5.61. The van der Waals surface area contributed by atoms with Gasteiger partial charge in [-0.1, -0.05) is 31.2 Å². The van der Waals surface area contributed by atoms with E-state index in [1.165, 1.54) is 36.8 Å². The molecule has 2 rings (SSSR count). The second kappa shape index (κ2) is 3.74. The van der Waals surface area contributed by atoms with Crippen LogP contribution in [0.2, 0.25) is 0 Å². The van der Waals surface area contributed by atoms with E-state index < -0.39 is 0 Å². The molecule has 1 unspecified atom stereocenters. The van der Waals surface area contributed by atoms with Crippen LogP contribution in [0.15, 0.2) is 24.3 Å². The van der Waals surface area contributed by atoms with Gasteiger partial charge in [-0.2, -0.15) is 0 Å². The van der Waals surface area contributed by atoms with Gasteiger partial charge in [-0.05, 0) is 36.8 Å². The summed E-state index contributed by atoms with van der Waals surface area (Å²) in [6.07, 6.45) is 4.96. The molecule has 0 heterocycles. The second-order valence-electron chi connectivity index (χ2n) is 4.35. The molecule has 0 saturated carbocycles. The minimum atomic E-state index is 0.273. The first-order chi connectivity index (χ1) is 6.82. The lowest BCUT2D eigenvalue weighted by Gasteiger charge is -2.37. The molecular weight excluding hydrogens is 170 g/mol. The van der Waals surface area contributed by atoms with E-state index in [4.69, 9.17) is 5.73 Å². The van der Waals surface area contributed by atoms with E-state index in [-0.39, 0.29) is 5.41 Å². The van der Waals surface area contributed by atoms with Crippen LogP contribution < -0.4 is 5.73 Å². The minimum Gasteiger partial charge on any atom is -0.330 e. The third-order valence-electron chi connectivity index (χ3n) is 3.76. The molecule has 76 valence electrons. The number of aryl methyl sites for hydroxylation is 1. The summed E-state index contributed by atoms with van der Waals surface area (Å²) in [6, 6.07) is 8.81. The Labute approximate surface area is 86.3 Å². The monoisotopic (exact) mass is 189 g/mol. The van der Waals surface area contributed by atoms with E-state index in [9.17, 15) is 0 Å². The van der Waals surface area contributed by atoms with Gasteiger partial charge in [0.05, 0.1) is 0 Å². The first-order valence-corrected chi connectivity index (χ1v) is 5.61. The predicted octanol–water partition coefficient (Wildman–Crippen LogP) is 2.63. The molecule has 1 aromatic rings. The molecule has 0 aliphatic heterocycles. The highest BCUT2D eigenvalue weighted by Gasteiger charge is 2.32. The zero-order valence-corrected chi connectivity index (χ0v) is 8.92. The molecule has 0 fully saturated rings. The molecule has 1 nitrogen and oxygen atoms in total. The summed E-state index contributed by atoms with van der Waals surface area (Å²) in [5, 5.41) is 0. The van der Waals surface area contributed by atoms with Gasteiger partial charge in [0.25, 0.3) is 0 Å². The predicted molar refractivity (Wildman–Crippen MR) is 60.4 cm³/mol. The van der Waals surface area contributed by atoms with Gasteiger partial charge in [-0.25, -0.2) is 0 Å². The van der Waals surface area contributed by atoms with Crippen molar-refractivity contribution in [2.45, 2.75) is 38.0 Å². The first kappa shape index (κ1) is 9.72. The SMILES string of the molecule is CCC1(CN)CCCc2ccccc21. The maximum absolute atomic E-state index is 5.96. The van der Waals surface area contributed by atoms with Crippen LogP contribution in [0.5, 0.6) is 0 Å². The van der Waals surface area contributed by atoms with E-state index >= 15 is 0 Å². The van der Waals surface area contributed by atoms with Gasteiger partial charge in [0, 0.05) is 12.0 Å². The molecule has 0 amide bonds. The zero-order valence-electron chi connectivity index (χ0n) is 8.92. The fourth-order valence-electron chi connectivity index (χ4n) is 2.73. The molecule has 0 spiro atoms. The van der Waals surface area contributed by atoms with E-state index in [1.807, 2.05) is 0 Å². The molecule has 1 aliphatic rings. The number of benzene rings is 1. The van der Waals surface area contributed by atoms with Crippen LogP contribution in [-0.4, -0.2) is 6.54 Å². The highest BCUT2D eigenvalue weighted by molar-refractivity contribution is 5.37. The van der Waals surface area contributed by atoms with Gasteiger partial charge in [0.2, 0.25) is 0 Å². The Bertz CT molecular complexity index is 313. The zero-order chi connectivity index (χ0) is 10.0. The molecule has 0 radical (unpaired) electrons. The number of fused-ring (bicyclic) bond motifs is 1. The molecule has 1 heteroatoms. The van der Waals surface area contributed by atoms with Crippen molar-refractivity contribution in [1.82, 2.24) is 0 Å². The Morgan fingerprint density at radius 2 is 2.14 bits per heavy atom. The normalized spacial score (nSPS) is 25.9. The van der Waals surface area contributed by atoms with Crippen molar-refractivity contribution in [1.29, 1.82) is 0 Å². The van der Waals surface area contributed by atoms with Crippen LogP contribution in [-0.2, 0) is 11.8 Å². The van der Waals surface area contributed by atoms with Crippen molar-refractivity contribution in [2.24, 2.45) is 5.73 Å². The Kier molecular flexibility index (Phi) is 2.60. The van der Waals surface area contributed by atoms with E-state index in [0.29, 0.717) is 0 Å². The van der Waals surface area contributed by atoms with E-state index in [1.54, 1.807) is 0 Å². The highest BCUT2D eigenvalue weighted by Crippen LogP contribution is 2.38. The number of nitrogens with two attached hydrogens (primary N) is 1. The molecule has 2 N–H and O–H groups in total. The topological polar surface area (TPSA) is 26.0 Å². The number of hydrogen-bond donors (Lipinski definition) is 1. The Hall–Kier alpha value is -0.820. The smallest absolute Gasteiger partial charge is 0.00757 e. The lowest BCUT2D eigenvalue weighted by atomic mass is 9.68. The van der Waals surface area contributed by atoms with Crippen LogP contribution >= 0.6 is 0 Å². The molecule has 0 aromatic heterocycles. The standard InChI is InChI=1S/C13H19N/c1-2-13(10-14)9-5-7-11-6-3-4-8-12(11)13/h3-4,6,8H,2,5,7,9-10,14H2,1H3. The van der Waals surface area contributed by atoms with Crippen LogP contribution in [0, 0.1) is 0 Å². The third kappa shape index (κ3) is 1.36. The Balaban J connectivity index is 2.48. The average Bonchev–Trinajstić information content (AvgIpc) is 2.28. The lowest BCUT2D eigenvalue weighted by molar-refractivity contribution is 0.356. The minimum absolute atomic E-state index is 0.273. The van der Waals surface area contributed by atoms with Crippen molar-refractivity contribution >= 4 is 0 Å². The molecule has 1 aliphatic carbocycles. The number of rotatable bonds is 2. The largest absolute Gasteiger partial charge is 0.330 e. The van der Waals surface area contributed by atoms with Gasteiger partial charge in [0.15, 0.2) is 0 Å². The van der Waals surface area contributed by atoms with Crippen molar-refractivity contribution < 1.29 is 0 Å². The Morgan fingerprint density at radius 3 is 2.86 bits per heavy atom. The van der Waals surface area contributed by atoms with Crippen LogP contribution in [0.1, 0.15) is 37.3 Å². The maximum Gasteiger partial charge on any atom is 0.00757 e. The summed E-state index contributed by atoms with van der Waals surface area (Å²) in [6.45, 7) is 3.05. The van der Waals surface area contributed by atoms with Crippen molar-refractivity contribution in [3.8, 4) is 0 Å². The molecule has 14 heavy (non-hydrogen) atoms. The van der Waals surface area contributed by atoms with Gasteiger partial charge in [-0.15, -0.1) is 0 Å². The van der Waals surface area contributed by atoms with Gasteiger partial charge >= 0.3 is 0 Å². The maximum atomic E-state index is 5.96. The third-order valence-corrected chi connectivity index (χ3v) is 3.76. The van der Waals surface area contributed by atoms with E-state index in [0.717, 1.165) is 6.54 Å². The summed E-state index contributed by atoms with van der Waals surface area (Å²) in [7, 11) is 0. The molecule has 1 atom stereocenters. The summed E-state index contributed by atoms with van der Waals surface area (Å²) >= 11 is 0. The molecule has 0 bridgehead atoms. The van der Waals surface area contributed by atoms with Gasteiger partial charge in [-0.3, -0.25) is 0 Å². The van der Waals surface area contributed by atoms with Crippen molar-refractivity contribution in [3.05, 3.63) is 35.4 Å². The van der Waals surface area contributed by atoms with Crippen LogP contribution in [0.25, 0.3) is 0 Å². The number of hydrogen-bond acceptors (Lipinski definition) is 1. The van der Waals surface area contributed by atoms with Gasteiger partial charge < -0.3 is 5.73 Å². The second-order valence-corrected chi connectivity index (χ2v) is 4.35. The molecular formula is C13H19N. The van der Waals surface area contributed by atoms with Crippen LogP contribution in [0.4, 0.5) is 0 Å². The van der Waals surface area contributed by atoms with E-state index in [2.05, 4.69) is 31.2 Å². The molecule has 1 aromatic carbocycles. The quantitative estimate of drug-likeness (QED) is 0.760. The van der Waals surface area contributed by atoms with Crippen molar-refractivity contribution in [3.63, 3.8) is 0 Å². The van der Waals surface area contributed by atoms with Crippen LogP contribution in [0.3, 0.4) is 0 Å².